The Morgan fingerprint density at radius 2 is 1.62 bits per heavy atom. The summed E-state index contributed by atoms with van der Waals surface area (Å²) < 4.78 is 33.0. The summed E-state index contributed by atoms with van der Waals surface area (Å²) in [5.41, 5.74) is 0.508. The van der Waals surface area contributed by atoms with Crippen molar-refractivity contribution in [1.29, 1.82) is 0 Å². The van der Waals surface area contributed by atoms with Crippen molar-refractivity contribution in [3.63, 3.8) is 0 Å². The van der Waals surface area contributed by atoms with E-state index in [1.807, 2.05) is 36.4 Å². The Morgan fingerprint density at radius 1 is 0.912 bits per heavy atom. The van der Waals surface area contributed by atoms with Crippen molar-refractivity contribution < 1.29 is 22.9 Å². The number of benzene rings is 4. The predicted octanol–water partition coefficient (Wildman–Crippen LogP) is 4.81. The van der Waals surface area contributed by atoms with Crippen LogP contribution >= 0.6 is 0 Å². The van der Waals surface area contributed by atoms with Crippen LogP contribution < -0.4 is 14.8 Å². The van der Waals surface area contributed by atoms with E-state index in [0.717, 1.165) is 16.8 Å². The predicted molar refractivity (Wildman–Crippen MR) is 129 cm³/mol. The highest BCUT2D eigenvalue weighted by Gasteiger charge is 2.20. The average molecular weight is 477 g/mol. The van der Waals surface area contributed by atoms with Gasteiger partial charge in [0, 0.05) is 23.4 Å². The van der Waals surface area contributed by atoms with Gasteiger partial charge in [-0.2, -0.15) is 0 Å². The number of rotatable bonds is 7. The number of amides is 1. The molecule has 1 amide bonds. The Morgan fingerprint density at radius 3 is 2.29 bits per heavy atom. The number of ether oxygens (including phenoxy) is 1. The zero-order valence-corrected chi connectivity index (χ0v) is 18.7. The lowest BCUT2D eigenvalue weighted by Gasteiger charge is -2.12. The zero-order chi connectivity index (χ0) is 24.3. The van der Waals surface area contributed by atoms with E-state index in [4.69, 9.17) is 4.74 Å². The van der Waals surface area contributed by atoms with Crippen molar-refractivity contribution in [3.8, 4) is 5.75 Å². The minimum atomic E-state index is -4.10. The third kappa shape index (κ3) is 4.81. The van der Waals surface area contributed by atoms with Gasteiger partial charge in [0.25, 0.3) is 21.6 Å². The van der Waals surface area contributed by atoms with E-state index in [9.17, 15) is 23.3 Å². The Kier molecular flexibility index (Phi) is 6.15. The van der Waals surface area contributed by atoms with Gasteiger partial charge < -0.3 is 10.1 Å². The number of hydrogen-bond donors (Lipinski definition) is 2. The van der Waals surface area contributed by atoms with Gasteiger partial charge in [-0.25, -0.2) is 8.42 Å². The third-order valence-corrected chi connectivity index (χ3v) is 6.45. The van der Waals surface area contributed by atoms with Crippen molar-refractivity contribution in [3.05, 3.63) is 101 Å². The fourth-order valence-electron chi connectivity index (χ4n) is 3.35. The minimum absolute atomic E-state index is 0.0742. The smallest absolute Gasteiger partial charge is 0.271 e. The molecule has 0 aliphatic heterocycles. The van der Waals surface area contributed by atoms with Crippen molar-refractivity contribution in [2.24, 2.45) is 0 Å². The van der Waals surface area contributed by atoms with Crippen LogP contribution in [0.5, 0.6) is 5.75 Å². The fourth-order valence-corrected chi connectivity index (χ4v) is 4.41. The molecular formula is C24H19N3O6S. The summed E-state index contributed by atoms with van der Waals surface area (Å²) in [6.07, 6.45) is 0. The van der Waals surface area contributed by atoms with Gasteiger partial charge in [-0.3, -0.25) is 19.6 Å². The standard InChI is InChI=1S/C24H19N3O6S/c1-33-23-13-10-20(27(29)30)15-22(23)26-34(31,32)21-11-7-17(8-12-21)24(28)25-19-9-6-16-4-2-3-5-18(16)14-19/h2-15,26H,1H3,(H,25,28). The number of sulfonamides is 1. The quantitative estimate of drug-likeness (QED) is 0.290. The molecule has 0 heterocycles. The number of nitrogens with one attached hydrogen (secondary N) is 2. The first-order valence-electron chi connectivity index (χ1n) is 10.0. The average Bonchev–Trinajstić information content (AvgIpc) is 2.83. The second-order valence-corrected chi connectivity index (χ2v) is 8.97. The summed E-state index contributed by atoms with van der Waals surface area (Å²) in [4.78, 5) is 22.9. The molecule has 0 fully saturated rings. The molecule has 4 aromatic rings. The first kappa shape index (κ1) is 22.7. The second kappa shape index (κ2) is 9.20. The molecule has 0 spiro atoms. The van der Waals surface area contributed by atoms with Crippen molar-refractivity contribution in [2.45, 2.75) is 4.90 Å². The molecule has 0 unspecified atom stereocenters. The van der Waals surface area contributed by atoms with Gasteiger partial charge in [0.15, 0.2) is 0 Å². The largest absolute Gasteiger partial charge is 0.495 e. The van der Waals surface area contributed by atoms with Gasteiger partial charge >= 0.3 is 0 Å². The molecule has 34 heavy (non-hydrogen) atoms. The summed E-state index contributed by atoms with van der Waals surface area (Å²) in [5, 5.41) is 15.9. The molecule has 0 saturated heterocycles. The van der Waals surface area contributed by atoms with E-state index in [-0.39, 0.29) is 27.6 Å². The van der Waals surface area contributed by atoms with E-state index in [0.29, 0.717) is 5.69 Å². The molecule has 0 saturated carbocycles. The number of fused-ring (bicyclic) bond motifs is 1. The molecular weight excluding hydrogens is 458 g/mol. The lowest BCUT2D eigenvalue weighted by atomic mass is 10.1. The maximum atomic E-state index is 12.8. The number of methoxy groups -OCH3 is 1. The molecule has 0 aliphatic carbocycles. The van der Waals surface area contributed by atoms with Gasteiger partial charge in [0.1, 0.15) is 5.75 Å². The Labute approximate surface area is 195 Å². The van der Waals surface area contributed by atoms with Crippen LogP contribution in [0.2, 0.25) is 0 Å². The highest BCUT2D eigenvalue weighted by molar-refractivity contribution is 7.92. The minimum Gasteiger partial charge on any atom is -0.495 e. The molecule has 0 radical (unpaired) electrons. The SMILES string of the molecule is COc1ccc([N+](=O)[O-])cc1NS(=O)(=O)c1ccc(C(=O)Nc2ccc3ccccc3c2)cc1. The highest BCUT2D eigenvalue weighted by atomic mass is 32.2. The summed E-state index contributed by atoms with van der Waals surface area (Å²) >= 11 is 0. The summed E-state index contributed by atoms with van der Waals surface area (Å²) in [6.45, 7) is 0. The Hall–Kier alpha value is -4.44. The maximum absolute atomic E-state index is 12.8. The lowest BCUT2D eigenvalue weighted by molar-refractivity contribution is -0.384. The first-order chi connectivity index (χ1) is 16.3. The van der Waals surface area contributed by atoms with Crippen LogP contribution in [-0.2, 0) is 10.0 Å². The summed E-state index contributed by atoms with van der Waals surface area (Å²) in [6, 6.07) is 22.2. The summed E-state index contributed by atoms with van der Waals surface area (Å²) in [5.74, 6) is -0.270. The normalized spacial score (nSPS) is 11.1. The number of carbonyl (C=O) groups excluding carboxylic acids is 1. The third-order valence-electron chi connectivity index (χ3n) is 5.07. The second-order valence-electron chi connectivity index (χ2n) is 7.29. The number of nitrogens with zero attached hydrogens (tertiary/aromatic N) is 1. The first-order valence-corrected chi connectivity index (χ1v) is 11.5. The van der Waals surface area contributed by atoms with E-state index < -0.39 is 20.9 Å². The highest BCUT2D eigenvalue weighted by Crippen LogP contribution is 2.31. The van der Waals surface area contributed by atoms with E-state index in [1.165, 1.54) is 43.5 Å². The van der Waals surface area contributed by atoms with Crippen molar-refractivity contribution in [2.75, 3.05) is 17.1 Å². The Balaban J connectivity index is 1.52. The van der Waals surface area contributed by atoms with Gasteiger partial charge in [-0.05, 0) is 53.2 Å². The molecule has 172 valence electrons. The van der Waals surface area contributed by atoms with E-state index in [1.54, 1.807) is 6.07 Å². The molecule has 2 N–H and O–H groups in total. The Bertz CT molecular complexity index is 1500. The fraction of sp³-hybridized carbons (Fsp3) is 0.0417. The van der Waals surface area contributed by atoms with Crippen LogP contribution in [0.4, 0.5) is 17.1 Å². The number of non-ortho nitro benzene ring substituents is 1. The lowest BCUT2D eigenvalue weighted by Crippen LogP contribution is -2.15. The maximum Gasteiger partial charge on any atom is 0.271 e. The topological polar surface area (TPSA) is 128 Å². The number of hydrogen-bond acceptors (Lipinski definition) is 6. The molecule has 0 aromatic heterocycles. The van der Waals surface area contributed by atoms with Crippen LogP contribution in [0.25, 0.3) is 10.8 Å². The monoisotopic (exact) mass is 477 g/mol. The number of nitro benzene ring substituents is 1. The number of nitro groups is 1. The van der Waals surface area contributed by atoms with Gasteiger partial charge in [-0.1, -0.05) is 30.3 Å². The molecule has 4 rings (SSSR count). The van der Waals surface area contributed by atoms with Gasteiger partial charge in [0.05, 0.1) is 22.6 Å². The van der Waals surface area contributed by atoms with Gasteiger partial charge in [-0.15, -0.1) is 0 Å². The molecule has 9 nitrogen and oxygen atoms in total. The van der Waals surface area contributed by atoms with E-state index in [2.05, 4.69) is 10.0 Å². The van der Waals surface area contributed by atoms with E-state index >= 15 is 0 Å². The summed E-state index contributed by atoms with van der Waals surface area (Å²) in [7, 11) is -2.78. The molecule has 0 aliphatic rings. The zero-order valence-electron chi connectivity index (χ0n) is 17.9. The van der Waals surface area contributed by atoms with Crippen LogP contribution in [0.3, 0.4) is 0 Å². The molecule has 0 bridgehead atoms. The number of anilines is 2. The molecule has 4 aromatic carbocycles. The van der Waals surface area contributed by atoms with Crippen LogP contribution in [-0.4, -0.2) is 26.4 Å². The van der Waals surface area contributed by atoms with Crippen molar-refractivity contribution >= 4 is 43.8 Å². The number of carbonyl (C=O) groups is 1. The van der Waals surface area contributed by atoms with Crippen molar-refractivity contribution in [1.82, 2.24) is 0 Å². The van der Waals surface area contributed by atoms with Crippen LogP contribution in [0.1, 0.15) is 10.4 Å². The molecule has 0 atom stereocenters. The van der Waals surface area contributed by atoms with Gasteiger partial charge in [0.2, 0.25) is 0 Å². The van der Waals surface area contributed by atoms with Crippen LogP contribution in [0.15, 0.2) is 89.8 Å². The van der Waals surface area contributed by atoms with Crippen LogP contribution in [0, 0.1) is 10.1 Å². The molecule has 10 heteroatoms.